The number of fused-ring (bicyclic) bond motifs is 1. The van der Waals surface area contributed by atoms with Crippen LogP contribution in [0, 0.1) is 17.5 Å². The van der Waals surface area contributed by atoms with Crippen LogP contribution in [0.2, 0.25) is 0 Å². The highest BCUT2D eigenvalue weighted by Gasteiger charge is 2.29. The van der Waals surface area contributed by atoms with E-state index >= 15 is 0 Å². The van der Waals surface area contributed by atoms with Gasteiger partial charge in [0, 0.05) is 12.2 Å². The maximum atomic E-state index is 13.5. The summed E-state index contributed by atoms with van der Waals surface area (Å²) < 4.78 is 39.6. The summed E-state index contributed by atoms with van der Waals surface area (Å²) in [5.74, 6) is -6.64. The lowest BCUT2D eigenvalue weighted by atomic mass is 10.2. The summed E-state index contributed by atoms with van der Waals surface area (Å²) in [6.07, 6.45) is 0.606. The molecule has 1 N–H and O–H groups in total. The average molecular weight is 320 g/mol. The van der Waals surface area contributed by atoms with Crippen LogP contribution < -0.4 is 10.2 Å². The summed E-state index contributed by atoms with van der Waals surface area (Å²) in [4.78, 5) is 25.4. The molecule has 0 aromatic heterocycles. The Morgan fingerprint density at radius 2 is 1.74 bits per heavy atom. The molecule has 0 fully saturated rings. The maximum Gasteiger partial charge on any atom is 0.316 e. The fourth-order valence-corrected chi connectivity index (χ4v) is 2.47. The number of anilines is 2. The molecule has 0 unspecified atom stereocenters. The molecular weight excluding hydrogens is 309 g/mol. The minimum atomic E-state index is -1.71. The van der Waals surface area contributed by atoms with E-state index in [-0.39, 0.29) is 0 Å². The van der Waals surface area contributed by atoms with Gasteiger partial charge in [0.2, 0.25) is 0 Å². The molecule has 0 atom stereocenters. The van der Waals surface area contributed by atoms with Gasteiger partial charge in [0.25, 0.3) is 0 Å². The molecule has 0 spiro atoms. The third-order valence-corrected chi connectivity index (χ3v) is 3.61. The molecule has 4 nitrogen and oxygen atoms in total. The third-order valence-electron chi connectivity index (χ3n) is 3.61. The molecule has 2 aromatic rings. The van der Waals surface area contributed by atoms with Crippen LogP contribution >= 0.6 is 0 Å². The van der Waals surface area contributed by atoms with Gasteiger partial charge in [0.1, 0.15) is 0 Å². The Labute approximate surface area is 129 Å². The lowest BCUT2D eigenvalue weighted by Crippen LogP contribution is -2.38. The largest absolute Gasteiger partial charge is 0.316 e. The lowest BCUT2D eigenvalue weighted by Gasteiger charge is -2.16. The number of halogens is 3. The highest BCUT2D eigenvalue weighted by molar-refractivity contribution is 6.44. The summed E-state index contributed by atoms with van der Waals surface area (Å²) in [5, 5.41) is 1.97. The number of nitrogens with one attached hydrogen (secondary N) is 1. The van der Waals surface area contributed by atoms with Crippen molar-refractivity contribution in [2.24, 2.45) is 0 Å². The standard InChI is InChI=1S/C16H11F3N2O2/c17-10-5-6-11(14(19)13(10)18)20-15(22)16(23)21-8-7-9-3-1-2-4-12(9)21/h1-6H,7-8H2,(H,20,22). The van der Waals surface area contributed by atoms with Crippen molar-refractivity contribution in [2.45, 2.75) is 6.42 Å². The fraction of sp³-hybridized carbons (Fsp3) is 0.125. The van der Waals surface area contributed by atoms with Gasteiger partial charge in [-0.25, -0.2) is 13.2 Å². The molecule has 1 aliphatic heterocycles. The van der Waals surface area contributed by atoms with Crippen molar-refractivity contribution in [1.29, 1.82) is 0 Å². The van der Waals surface area contributed by atoms with Crippen LogP contribution in [0.1, 0.15) is 5.56 Å². The molecule has 3 rings (SSSR count). The van der Waals surface area contributed by atoms with Crippen LogP contribution in [0.3, 0.4) is 0 Å². The topological polar surface area (TPSA) is 49.4 Å². The summed E-state index contributed by atoms with van der Waals surface area (Å²) in [6.45, 7) is 0.325. The van der Waals surface area contributed by atoms with Crippen LogP contribution in [0.15, 0.2) is 36.4 Å². The van der Waals surface area contributed by atoms with Crippen LogP contribution in [0.5, 0.6) is 0 Å². The minimum Gasteiger partial charge on any atom is -0.315 e. The second-order valence-corrected chi connectivity index (χ2v) is 5.01. The number of amides is 2. The molecular formula is C16H11F3N2O2. The lowest BCUT2D eigenvalue weighted by molar-refractivity contribution is -0.134. The van der Waals surface area contributed by atoms with Gasteiger partial charge >= 0.3 is 11.8 Å². The van der Waals surface area contributed by atoms with Crippen molar-refractivity contribution in [1.82, 2.24) is 0 Å². The van der Waals surface area contributed by atoms with Gasteiger partial charge in [-0.1, -0.05) is 18.2 Å². The van der Waals surface area contributed by atoms with E-state index in [1.54, 1.807) is 12.1 Å². The molecule has 0 saturated carbocycles. The van der Waals surface area contributed by atoms with Crippen LogP contribution in [-0.4, -0.2) is 18.4 Å². The van der Waals surface area contributed by atoms with E-state index in [4.69, 9.17) is 0 Å². The van der Waals surface area contributed by atoms with Gasteiger partial charge in [-0.15, -0.1) is 0 Å². The van der Waals surface area contributed by atoms with Gasteiger partial charge in [0.15, 0.2) is 17.5 Å². The number of carbonyl (C=O) groups excluding carboxylic acids is 2. The number of hydrogen-bond acceptors (Lipinski definition) is 2. The molecule has 1 heterocycles. The van der Waals surface area contributed by atoms with E-state index in [0.717, 1.165) is 11.6 Å². The molecule has 118 valence electrons. The first-order valence-electron chi connectivity index (χ1n) is 6.83. The van der Waals surface area contributed by atoms with E-state index in [9.17, 15) is 22.8 Å². The molecule has 2 aromatic carbocycles. The normalized spacial score (nSPS) is 12.9. The van der Waals surface area contributed by atoms with E-state index in [2.05, 4.69) is 0 Å². The Balaban J connectivity index is 1.80. The van der Waals surface area contributed by atoms with Crippen LogP contribution in [0.4, 0.5) is 24.5 Å². The van der Waals surface area contributed by atoms with Crippen LogP contribution in [0.25, 0.3) is 0 Å². The average Bonchev–Trinajstić information content (AvgIpc) is 2.98. The van der Waals surface area contributed by atoms with Crippen molar-refractivity contribution in [3.05, 3.63) is 59.4 Å². The predicted octanol–water partition coefficient (Wildman–Crippen LogP) is 2.63. The van der Waals surface area contributed by atoms with E-state index in [0.29, 0.717) is 24.7 Å². The van der Waals surface area contributed by atoms with Gasteiger partial charge in [-0.2, -0.15) is 0 Å². The molecule has 0 bridgehead atoms. The first-order valence-corrected chi connectivity index (χ1v) is 6.83. The Kier molecular flexibility index (Phi) is 3.77. The third kappa shape index (κ3) is 2.65. The Morgan fingerprint density at radius 1 is 1.00 bits per heavy atom. The predicted molar refractivity (Wildman–Crippen MR) is 77.4 cm³/mol. The van der Waals surface area contributed by atoms with Crippen molar-refractivity contribution in [3.8, 4) is 0 Å². The highest BCUT2D eigenvalue weighted by atomic mass is 19.2. The zero-order valence-corrected chi connectivity index (χ0v) is 11.8. The number of carbonyl (C=O) groups is 2. The smallest absolute Gasteiger partial charge is 0.315 e. The molecule has 1 aliphatic rings. The summed E-state index contributed by atoms with van der Waals surface area (Å²) in [6, 6.07) is 8.63. The molecule has 2 amide bonds. The molecule has 0 aliphatic carbocycles. The number of hydrogen-bond donors (Lipinski definition) is 1. The Morgan fingerprint density at radius 3 is 2.52 bits per heavy atom. The van der Waals surface area contributed by atoms with Gasteiger partial charge in [-0.3, -0.25) is 9.59 Å². The quantitative estimate of drug-likeness (QED) is 0.649. The number of rotatable bonds is 1. The second kappa shape index (κ2) is 5.75. The summed E-state index contributed by atoms with van der Waals surface area (Å²) in [5.41, 5.74) is 0.945. The zero-order valence-electron chi connectivity index (χ0n) is 11.8. The SMILES string of the molecule is O=C(Nc1ccc(F)c(F)c1F)C(=O)N1CCc2ccccc21. The second-order valence-electron chi connectivity index (χ2n) is 5.01. The van der Waals surface area contributed by atoms with Crippen molar-refractivity contribution in [2.75, 3.05) is 16.8 Å². The first kappa shape index (κ1) is 15.1. The highest BCUT2D eigenvalue weighted by Crippen LogP contribution is 2.27. The van der Waals surface area contributed by atoms with Crippen molar-refractivity contribution < 1.29 is 22.8 Å². The van der Waals surface area contributed by atoms with E-state index in [1.807, 2.05) is 17.4 Å². The summed E-state index contributed by atoms with van der Waals surface area (Å²) in [7, 11) is 0. The molecule has 23 heavy (non-hydrogen) atoms. The van der Waals surface area contributed by atoms with E-state index < -0.39 is 35.0 Å². The Bertz CT molecular complexity index is 808. The number of nitrogens with zero attached hydrogens (tertiary/aromatic N) is 1. The van der Waals surface area contributed by atoms with Crippen LogP contribution in [-0.2, 0) is 16.0 Å². The maximum absolute atomic E-state index is 13.5. The summed E-state index contributed by atoms with van der Waals surface area (Å²) >= 11 is 0. The van der Waals surface area contributed by atoms with E-state index in [1.165, 1.54) is 4.90 Å². The molecule has 0 saturated heterocycles. The number of benzene rings is 2. The van der Waals surface area contributed by atoms with Gasteiger partial charge in [-0.05, 0) is 30.2 Å². The zero-order chi connectivity index (χ0) is 16.6. The molecule has 7 heteroatoms. The monoisotopic (exact) mass is 320 g/mol. The van der Waals surface area contributed by atoms with Gasteiger partial charge in [0.05, 0.1) is 5.69 Å². The van der Waals surface area contributed by atoms with Gasteiger partial charge < -0.3 is 10.2 Å². The fourth-order valence-electron chi connectivity index (χ4n) is 2.47. The number of para-hydroxylation sites is 1. The van der Waals surface area contributed by atoms with Crippen molar-refractivity contribution in [3.63, 3.8) is 0 Å². The van der Waals surface area contributed by atoms with Crippen molar-refractivity contribution >= 4 is 23.2 Å². The first-order chi connectivity index (χ1) is 11.0. The molecule has 0 radical (unpaired) electrons. The Hall–Kier alpha value is -2.83. The minimum absolute atomic E-state index is 0.325.